The van der Waals surface area contributed by atoms with E-state index in [9.17, 15) is 5.11 Å². The zero-order valence-electron chi connectivity index (χ0n) is 10.7. The Morgan fingerprint density at radius 2 is 2.06 bits per heavy atom. The lowest BCUT2D eigenvalue weighted by Crippen LogP contribution is -2.15. The number of aliphatic hydroxyl groups is 1. The van der Waals surface area contributed by atoms with Crippen LogP contribution in [-0.4, -0.2) is 5.11 Å². The molecule has 0 aliphatic heterocycles. The van der Waals surface area contributed by atoms with Crippen LogP contribution in [0.5, 0.6) is 0 Å². The minimum Gasteiger partial charge on any atom is -0.512 e. The maximum atomic E-state index is 9.97. The highest BCUT2D eigenvalue weighted by Crippen LogP contribution is 2.69. The van der Waals surface area contributed by atoms with Gasteiger partial charge in [-0.05, 0) is 54.6 Å². The highest BCUT2D eigenvalue weighted by molar-refractivity contribution is 5.41. The molecule has 1 fully saturated rings. The highest BCUT2D eigenvalue weighted by Gasteiger charge is 2.63. The summed E-state index contributed by atoms with van der Waals surface area (Å²) in [5, 5.41) is 9.97. The normalized spacial score (nSPS) is 44.6. The van der Waals surface area contributed by atoms with Crippen LogP contribution in [0.2, 0.25) is 0 Å². The molecule has 0 aromatic heterocycles. The molecule has 3 aliphatic rings. The molecule has 3 rings (SSSR count). The molecule has 16 heavy (non-hydrogen) atoms. The summed E-state index contributed by atoms with van der Waals surface area (Å²) in [6.45, 7) is 9.25. The standard InChI is InChI=1S/C15H22O/c1-8-5-6-11-14(15(11,3)4)13-9(2)12(16)7-10(8)13/h7,9,11,13-14,16H,5-6H2,1-4H3/t9-,11-,13-,14-/m1/s1. The summed E-state index contributed by atoms with van der Waals surface area (Å²) in [6.07, 6.45) is 4.64. The molecule has 0 bridgehead atoms. The molecule has 4 atom stereocenters. The predicted octanol–water partition coefficient (Wildman–Crippen LogP) is 4.08. The van der Waals surface area contributed by atoms with Crippen LogP contribution in [0.1, 0.15) is 40.5 Å². The van der Waals surface area contributed by atoms with Gasteiger partial charge in [-0.15, -0.1) is 0 Å². The third-order valence-corrected chi connectivity index (χ3v) is 5.52. The van der Waals surface area contributed by atoms with Crippen LogP contribution in [0, 0.1) is 29.1 Å². The van der Waals surface area contributed by atoms with Gasteiger partial charge in [0.25, 0.3) is 0 Å². The first-order valence-corrected chi connectivity index (χ1v) is 6.54. The van der Waals surface area contributed by atoms with E-state index in [1.165, 1.54) is 24.0 Å². The van der Waals surface area contributed by atoms with E-state index in [-0.39, 0.29) is 0 Å². The van der Waals surface area contributed by atoms with Crippen molar-refractivity contribution in [3.05, 3.63) is 23.0 Å². The smallest absolute Gasteiger partial charge is 0.0959 e. The van der Waals surface area contributed by atoms with Crippen LogP contribution in [0.4, 0.5) is 0 Å². The van der Waals surface area contributed by atoms with Gasteiger partial charge < -0.3 is 5.11 Å². The van der Waals surface area contributed by atoms with Gasteiger partial charge in [-0.1, -0.05) is 26.3 Å². The molecule has 0 spiro atoms. The predicted molar refractivity (Wildman–Crippen MR) is 66.1 cm³/mol. The molecule has 0 aromatic rings. The molecular weight excluding hydrogens is 196 g/mol. The van der Waals surface area contributed by atoms with Crippen molar-refractivity contribution in [2.24, 2.45) is 29.1 Å². The first kappa shape index (κ1) is 10.4. The van der Waals surface area contributed by atoms with E-state index in [1.54, 1.807) is 0 Å². The molecule has 0 aromatic carbocycles. The average Bonchev–Trinajstić information content (AvgIpc) is 2.68. The monoisotopic (exact) mass is 218 g/mol. The Morgan fingerprint density at radius 3 is 2.75 bits per heavy atom. The summed E-state index contributed by atoms with van der Waals surface area (Å²) >= 11 is 0. The second-order valence-electron chi connectivity index (χ2n) is 6.61. The largest absolute Gasteiger partial charge is 0.512 e. The molecule has 1 nitrogen and oxygen atoms in total. The van der Waals surface area contributed by atoms with Crippen molar-refractivity contribution in [3.8, 4) is 0 Å². The molecule has 1 heteroatoms. The summed E-state index contributed by atoms with van der Waals surface area (Å²) in [4.78, 5) is 0. The molecule has 0 saturated heterocycles. The Balaban J connectivity index is 2.04. The summed E-state index contributed by atoms with van der Waals surface area (Å²) in [6, 6.07) is 0. The van der Waals surface area contributed by atoms with E-state index >= 15 is 0 Å². The number of rotatable bonds is 0. The Kier molecular flexibility index (Phi) is 1.92. The number of hydrogen-bond donors (Lipinski definition) is 1. The van der Waals surface area contributed by atoms with E-state index in [1.807, 2.05) is 0 Å². The minimum absolute atomic E-state index is 0.345. The van der Waals surface area contributed by atoms with Crippen molar-refractivity contribution < 1.29 is 5.11 Å². The number of fused-ring (bicyclic) bond motifs is 3. The van der Waals surface area contributed by atoms with Gasteiger partial charge in [-0.2, -0.15) is 0 Å². The fraction of sp³-hybridized carbons (Fsp3) is 0.733. The quantitative estimate of drug-likeness (QED) is 0.649. The van der Waals surface area contributed by atoms with Crippen molar-refractivity contribution in [2.45, 2.75) is 40.5 Å². The molecule has 0 amide bonds. The Labute approximate surface area is 98.2 Å². The van der Waals surface area contributed by atoms with E-state index in [2.05, 4.69) is 33.8 Å². The molecule has 1 saturated carbocycles. The van der Waals surface area contributed by atoms with E-state index in [4.69, 9.17) is 0 Å². The second kappa shape index (κ2) is 2.94. The van der Waals surface area contributed by atoms with Gasteiger partial charge in [-0.3, -0.25) is 0 Å². The SMILES string of the molecule is CC1=C2C=C(O)[C@@H](C)[C@H]2[C@H]2[C@@H](CC1)C2(C)C. The lowest BCUT2D eigenvalue weighted by Gasteiger charge is -2.21. The minimum atomic E-state index is 0.345. The molecule has 88 valence electrons. The van der Waals surface area contributed by atoms with Crippen molar-refractivity contribution in [1.82, 2.24) is 0 Å². The molecular formula is C15H22O. The maximum absolute atomic E-state index is 9.97. The maximum Gasteiger partial charge on any atom is 0.0959 e. The van der Waals surface area contributed by atoms with E-state index < -0.39 is 0 Å². The van der Waals surface area contributed by atoms with Gasteiger partial charge in [0.1, 0.15) is 0 Å². The van der Waals surface area contributed by atoms with Gasteiger partial charge >= 0.3 is 0 Å². The fourth-order valence-corrected chi connectivity index (χ4v) is 4.32. The summed E-state index contributed by atoms with van der Waals surface area (Å²) < 4.78 is 0. The van der Waals surface area contributed by atoms with E-state index in [0.29, 0.717) is 23.0 Å². The average molecular weight is 218 g/mol. The van der Waals surface area contributed by atoms with Crippen LogP contribution in [-0.2, 0) is 0 Å². The Bertz CT molecular complexity index is 400. The Hall–Kier alpha value is -0.720. The third-order valence-electron chi connectivity index (χ3n) is 5.52. The van der Waals surface area contributed by atoms with Crippen molar-refractivity contribution in [3.63, 3.8) is 0 Å². The topological polar surface area (TPSA) is 20.2 Å². The second-order valence-corrected chi connectivity index (χ2v) is 6.61. The molecule has 3 aliphatic carbocycles. The first-order valence-electron chi connectivity index (χ1n) is 6.54. The van der Waals surface area contributed by atoms with Crippen LogP contribution in [0.15, 0.2) is 23.0 Å². The molecule has 0 heterocycles. The van der Waals surface area contributed by atoms with Crippen molar-refractivity contribution in [2.75, 3.05) is 0 Å². The zero-order chi connectivity index (χ0) is 11.7. The third kappa shape index (κ3) is 1.12. The van der Waals surface area contributed by atoms with Gasteiger partial charge in [-0.25, -0.2) is 0 Å². The van der Waals surface area contributed by atoms with Crippen LogP contribution in [0.3, 0.4) is 0 Å². The van der Waals surface area contributed by atoms with Crippen molar-refractivity contribution in [1.29, 1.82) is 0 Å². The van der Waals surface area contributed by atoms with Crippen LogP contribution in [0.25, 0.3) is 0 Å². The van der Waals surface area contributed by atoms with Crippen LogP contribution < -0.4 is 0 Å². The molecule has 0 unspecified atom stereocenters. The summed E-state index contributed by atoms with van der Waals surface area (Å²) in [7, 11) is 0. The fourth-order valence-electron chi connectivity index (χ4n) is 4.32. The van der Waals surface area contributed by atoms with Crippen molar-refractivity contribution >= 4 is 0 Å². The van der Waals surface area contributed by atoms with Gasteiger partial charge in [0, 0.05) is 5.92 Å². The molecule has 1 N–H and O–H groups in total. The van der Waals surface area contributed by atoms with E-state index in [0.717, 1.165) is 11.8 Å². The van der Waals surface area contributed by atoms with Crippen LogP contribution >= 0.6 is 0 Å². The van der Waals surface area contributed by atoms with Gasteiger partial charge in [0.15, 0.2) is 0 Å². The molecule has 0 radical (unpaired) electrons. The number of aliphatic hydroxyl groups excluding tert-OH is 1. The lowest BCUT2D eigenvalue weighted by atomic mass is 9.83. The van der Waals surface area contributed by atoms with Gasteiger partial charge in [0.05, 0.1) is 5.76 Å². The summed E-state index contributed by atoms with van der Waals surface area (Å²) in [5.74, 6) is 3.24. The number of hydrogen-bond acceptors (Lipinski definition) is 1. The lowest BCUT2D eigenvalue weighted by molar-refractivity contribution is 0.286. The first-order chi connectivity index (χ1) is 7.44. The number of allylic oxidation sites excluding steroid dienone is 4. The summed E-state index contributed by atoms with van der Waals surface area (Å²) in [5.41, 5.74) is 3.48. The van der Waals surface area contributed by atoms with Gasteiger partial charge in [0.2, 0.25) is 0 Å². The highest BCUT2D eigenvalue weighted by atomic mass is 16.3. The zero-order valence-corrected chi connectivity index (χ0v) is 10.7. The Morgan fingerprint density at radius 1 is 1.38 bits per heavy atom.